The summed E-state index contributed by atoms with van der Waals surface area (Å²) in [5, 5.41) is 0. The third kappa shape index (κ3) is 3.39. The first-order valence-electron chi connectivity index (χ1n) is 10.9. The summed E-state index contributed by atoms with van der Waals surface area (Å²) in [5.74, 6) is 0. The molecule has 32 heavy (non-hydrogen) atoms. The summed E-state index contributed by atoms with van der Waals surface area (Å²) in [6.07, 6.45) is 10.4. The molecule has 0 saturated carbocycles. The number of rotatable bonds is 2. The maximum atomic E-state index is 4.80. The van der Waals surface area contributed by atoms with E-state index >= 15 is 0 Å². The average molecular weight is 421 g/mol. The minimum absolute atomic E-state index is 0.896. The van der Waals surface area contributed by atoms with Crippen LogP contribution >= 0.6 is 0 Å². The highest BCUT2D eigenvalue weighted by molar-refractivity contribution is 5.85. The Morgan fingerprint density at radius 3 is 2.16 bits per heavy atom. The molecule has 8 bridgehead atoms. The lowest BCUT2D eigenvalue weighted by molar-refractivity contribution is 0.317. The van der Waals surface area contributed by atoms with Gasteiger partial charge in [-0.05, 0) is 73.7 Å². The Morgan fingerprint density at radius 1 is 0.781 bits per heavy atom. The largest absolute Gasteiger partial charge is 0.361 e. The third-order valence-electron chi connectivity index (χ3n) is 5.90. The van der Waals surface area contributed by atoms with Crippen molar-refractivity contribution in [3.8, 4) is 0 Å². The summed E-state index contributed by atoms with van der Waals surface area (Å²) >= 11 is 0. The van der Waals surface area contributed by atoms with Gasteiger partial charge in [0.15, 0.2) is 0 Å². The van der Waals surface area contributed by atoms with E-state index in [9.17, 15) is 0 Å². The predicted octanol–water partition coefficient (Wildman–Crippen LogP) is 5.18. The van der Waals surface area contributed by atoms with Crippen molar-refractivity contribution in [2.75, 3.05) is 20.3 Å². The van der Waals surface area contributed by atoms with Gasteiger partial charge in [-0.3, -0.25) is 0 Å². The SMILES string of the molecule is CCN1CN(C)C=C1c1cc2cc3ccc(cc4nc(cc5nc(cc1[nH]2)C=C5)C=C4)[nH]3. The molecule has 3 aliphatic rings. The molecule has 3 aromatic heterocycles. The standard InChI is InChI=1S/C26H24N6/c1-3-32-16-31(2)15-26(32)24-13-23-12-21-7-6-19(28-21)10-17-4-5-18(27-17)11-20-8-9-22(29-20)14-25(24)30-23/h4-15,28,30H,3,16H2,1-2H3. The van der Waals surface area contributed by atoms with E-state index in [1.165, 1.54) is 11.3 Å². The Bertz CT molecular complexity index is 1470. The van der Waals surface area contributed by atoms with Crippen LogP contribution in [0.4, 0.5) is 0 Å². The summed E-state index contributed by atoms with van der Waals surface area (Å²) in [5.41, 5.74) is 10.2. The van der Waals surface area contributed by atoms with Gasteiger partial charge in [-0.15, -0.1) is 0 Å². The topological polar surface area (TPSA) is 63.8 Å². The van der Waals surface area contributed by atoms with Crippen molar-refractivity contribution < 1.29 is 0 Å². The summed E-state index contributed by atoms with van der Waals surface area (Å²) < 4.78 is 0. The first kappa shape index (κ1) is 18.7. The van der Waals surface area contributed by atoms with E-state index in [0.29, 0.717) is 0 Å². The van der Waals surface area contributed by atoms with E-state index in [1.807, 2.05) is 24.3 Å². The zero-order chi connectivity index (χ0) is 21.7. The molecule has 0 unspecified atom stereocenters. The summed E-state index contributed by atoms with van der Waals surface area (Å²) in [6.45, 7) is 4.05. The van der Waals surface area contributed by atoms with Crippen LogP contribution in [-0.4, -0.2) is 50.0 Å². The van der Waals surface area contributed by atoms with Crippen molar-refractivity contribution in [1.82, 2.24) is 29.7 Å². The molecule has 6 heteroatoms. The van der Waals surface area contributed by atoms with Crippen molar-refractivity contribution in [3.63, 3.8) is 0 Å². The average Bonchev–Trinajstić information content (AvgIpc) is 3.57. The number of H-pyrrole nitrogens is 2. The molecule has 6 nitrogen and oxygen atoms in total. The predicted molar refractivity (Wildman–Crippen MR) is 132 cm³/mol. The highest BCUT2D eigenvalue weighted by atomic mass is 15.3. The van der Waals surface area contributed by atoms with Crippen LogP contribution in [0.5, 0.6) is 0 Å². The highest BCUT2D eigenvalue weighted by Crippen LogP contribution is 2.30. The maximum absolute atomic E-state index is 4.80. The van der Waals surface area contributed by atoms with Crippen molar-refractivity contribution in [1.29, 1.82) is 0 Å². The van der Waals surface area contributed by atoms with E-state index in [1.54, 1.807) is 0 Å². The second-order valence-electron chi connectivity index (χ2n) is 8.36. The molecule has 3 aliphatic heterocycles. The first-order chi connectivity index (χ1) is 15.6. The number of aromatic nitrogens is 4. The zero-order valence-corrected chi connectivity index (χ0v) is 18.1. The van der Waals surface area contributed by atoms with Gasteiger partial charge in [-0.1, -0.05) is 0 Å². The van der Waals surface area contributed by atoms with Crippen LogP contribution in [0.1, 0.15) is 35.3 Å². The van der Waals surface area contributed by atoms with Crippen molar-refractivity contribution in [3.05, 3.63) is 77.0 Å². The number of aromatic amines is 2. The van der Waals surface area contributed by atoms with Crippen LogP contribution in [0, 0.1) is 0 Å². The van der Waals surface area contributed by atoms with Gasteiger partial charge in [0.2, 0.25) is 0 Å². The lowest BCUT2D eigenvalue weighted by Gasteiger charge is -2.20. The smallest absolute Gasteiger partial charge is 0.0896 e. The molecule has 0 aliphatic carbocycles. The fourth-order valence-corrected chi connectivity index (χ4v) is 4.42. The Hall–Kier alpha value is -4.06. The molecule has 6 heterocycles. The Kier molecular flexibility index (Phi) is 4.24. The highest BCUT2D eigenvalue weighted by Gasteiger charge is 2.20. The molecule has 0 saturated heterocycles. The number of hydrogen-bond acceptors (Lipinski definition) is 4. The molecule has 0 atom stereocenters. The van der Waals surface area contributed by atoms with Crippen molar-refractivity contribution in [2.45, 2.75) is 6.92 Å². The molecule has 3 aromatic rings. The second-order valence-corrected chi connectivity index (χ2v) is 8.36. The summed E-state index contributed by atoms with van der Waals surface area (Å²) in [6, 6.07) is 14.7. The minimum Gasteiger partial charge on any atom is -0.361 e. The minimum atomic E-state index is 0.896. The van der Waals surface area contributed by atoms with Gasteiger partial charge in [0, 0.05) is 41.9 Å². The van der Waals surface area contributed by atoms with Crippen LogP contribution in [-0.2, 0) is 0 Å². The van der Waals surface area contributed by atoms with Gasteiger partial charge >= 0.3 is 0 Å². The van der Waals surface area contributed by atoms with E-state index in [2.05, 4.69) is 82.4 Å². The van der Waals surface area contributed by atoms with E-state index in [0.717, 1.165) is 58.1 Å². The number of fused-ring (bicyclic) bond motifs is 8. The zero-order valence-electron chi connectivity index (χ0n) is 18.1. The number of nitrogens with zero attached hydrogens (tertiary/aromatic N) is 4. The quantitative estimate of drug-likeness (QED) is 0.413. The van der Waals surface area contributed by atoms with Crippen molar-refractivity contribution in [2.24, 2.45) is 0 Å². The van der Waals surface area contributed by atoms with Crippen molar-refractivity contribution >= 4 is 52.1 Å². The van der Waals surface area contributed by atoms with Gasteiger partial charge in [-0.2, -0.15) is 0 Å². The molecule has 0 amide bonds. The Labute approximate surface area is 186 Å². The van der Waals surface area contributed by atoms with E-state index in [-0.39, 0.29) is 0 Å². The van der Waals surface area contributed by atoms with Crippen LogP contribution in [0.3, 0.4) is 0 Å². The fraction of sp³-hybridized carbons (Fsp3) is 0.154. The molecule has 0 aromatic carbocycles. The van der Waals surface area contributed by atoms with Crippen LogP contribution < -0.4 is 0 Å². The van der Waals surface area contributed by atoms with Gasteiger partial charge in [0.1, 0.15) is 0 Å². The first-order valence-corrected chi connectivity index (χ1v) is 10.9. The lowest BCUT2D eigenvalue weighted by Crippen LogP contribution is -2.23. The number of hydrogen-bond donors (Lipinski definition) is 2. The molecular formula is C26H24N6. The fourth-order valence-electron chi connectivity index (χ4n) is 4.42. The summed E-state index contributed by atoms with van der Waals surface area (Å²) in [4.78, 5) is 21.2. The monoisotopic (exact) mass is 420 g/mol. The van der Waals surface area contributed by atoms with Crippen LogP contribution in [0.2, 0.25) is 0 Å². The maximum Gasteiger partial charge on any atom is 0.0896 e. The lowest BCUT2D eigenvalue weighted by atomic mass is 10.2. The molecule has 158 valence electrons. The van der Waals surface area contributed by atoms with Gasteiger partial charge in [-0.25, -0.2) is 9.97 Å². The number of nitrogens with one attached hydrogen (secondary N) is 2. The van der Waals surface area contributed by atoms with E-state index < -0.39 is 0 Å². The molecule has 6 rings (SSSR count). The molecule has 0 radical (unpaired) electrons. The molecular weight excluding hydrogens is 396 g/mol. The van der Waals surface area contributed by atoms with Crippen LogP contribution in [0.15, 0.2) is 48.7 Å². The van der Waals surface area contributed by atoms with Gasteiger partial charge in [0.05, 0.1) is 40.7 Å². The Balaban J connectivity index is 1.64. The van der Waals surface area contributed by atoms with Gasteiger partial charge in [0.25, 0.3) is 0 Å². The molecule has 0 fully saturated rings. The summed E-state index contributed by atoms with van der Waals surface area (Å²) in [7, 11) is 2.11. The van der Waals surface area contributed by atoms with Gasteiger partial charge < -0.3 is 19.8 Å². The second kappa shape index (κ2) is 7.27. The normalized spacial score (nSPS) is 15.0. The third-order valence-corrected chi connectivity index (χ3v) is 5.90. The molecule has 0 spiro atoms. The van der Waals surface area contributed by atoms with E-state index in [4.69, 9.17) is 9.97 Å². The molecule has 2 N–H and O–H groups in total. The van der Waals surface area contributed by atoms with Crippen LogP contribution in [0.25, 0.3) is 52.1 Å². The Morgan fingerprint density at radius 2 is 1.44 bits per heavy atom.